The Hall–Kier alpha value is -5.54. The molecule has 0 saturated carbocycles. The highest BCUT2D eigenvalue weighted by Crippen LogP contribution is 2.43. The van der Waals surface area contributed by atoms with Gasteiger partial charge in [0.2, 0.25) is 0 Å². The first-order valence-corrected chi connectivity index (χ1v) is 13.9. The van der Waals surface area contributed by atoms with Gasteiger partial charge in [-0.05, 0) is 47.5 Å². The third kappa shape index (κ3) is 3.20. The van der Waals surface area contributed by atoms with E-state index in [1.165, 1.54) is 0 Å². The maximum Gasteiger partial charge on any atom is 0.161 e. The zero-order valence-electron chi connectivity index (χ0n) is 22.0. The smallest absolute Gasteiger partial charge is 0.161 e. The second-order valence-electron chi connectivity index (χ2n) is 10.5. The molecule has 0 saturated heterocycles. The van der Waals surface area contributed by atoms with E-state index < -0.39 is 0 Å². The van der Waals surface area contributed by atoms with E-state index in [0.717, 1.165) is 82.9 Å². The van der Waals surface area contributed by atoms with E-state index in [1.807, 2.05) is 6.07 Å². The molecule has 3 aromatic heterocycles. The monoisotopic (exact) mass is 525 g/mol. The van der Waals surface area contributed by atoms with Crippen LogP contribution in [-0.2, 0) is 0 Å². The van der Waals surface area contributed by atoms with Gasteiger partial charge in [0.15, 0.2) is 5.58 Å². The number of benzene rings is 6. The number of nitrogens with zero attached hydrogens (tertiary/aromatic N) is 1. The van der Waals surface area contributed by atoms with E-state index in [1.54, 1.807) is 0 Å². The molecule has 0 amide bonds. The quantitative estimate of drug-likeness (QED) is 0.230. The number of para-hydroxylation sites is 4. The second-order valence-corrected chi connectivity index (χ2v) is 10.5. The first kappa shape index (κ1) is 22.3. The highest BCUT2D eigenvalue weighted by molar-refractivity contribution is 6.18. The summed E-state index contributed by atoms with van der Waals surface area (Å²) in [7, 11) is 0. The summed E-state index contributed by atoms with van der Waals surface area (Å²) in [5.41, 5.74) is 11.3. The molecular formula is C38H23NO2. The number of furan rings is 2. The van der Waals surface area contributed by atoms with Gasteiger partial charge < -0.3 is 13.4 Å². The fourth-order valence-corrected chi connectivity index (χ4v) is 6.38. The Kier molecular flexibility index (Phi) is 4.61. The maximum atomic E-state index is 6.72. The molecule has 0 unspecified atom stereocenters. The molecule has 3 heterocycles. The van der Waals surface area contributed by atoms with Crippen LogP contribution in [0.2, 0.25) is 0 Å². The van der Waals surface area contributed by atoms with Gasteiger partial charge in [-0.25, -0.2) is 0 Å². The Morgan fingerprint density at radius 2 is 1.05 bits per heavy atom. The van der Waals surface area contributed by atoms with E-state index in [9.17, 15) is 0 Å². The third-order valence-corrected chi connectivity index (χ3v) is 8.21. The largest absolute Gasteiger partial charge is 0.455 e. The van der Waals surface area contributed by atoms with Crippen LogP contribution in [0.1, 0.15) is 0 Å². The van der Waals surface area contributed by atoms with Gasteiger partial charge in [0.25, 0.3) is 0 Å². The van der Waals surface area contributed by atoms with Crippen molar-refractivity contribution in [3.63, 3.8) is 0 Å². The molecule has 9 rings (SSSR count). The van der Waals surface area contributed by atoms with Crippen molar-refractivity contribution in [1.82, 2.24) is 4.57 Å². The van der Waals surface area contributed by atoms with Crippen molar-refractivity contribution in [2.75, 3.05) is 0 Å². The van der Waals surface area contributed by atoms with Crippen molar-refractivity contribution < 1.29 is 8.83 Å². The lowest BCUT2D eigenvalue weighted by atomic mass is 9.99. The molecule has 0 bridgehead atoms. The predicted molar refractivity (Wildman–Crippen MR) is 169 cm³/mol. The summed E-state index contributed by atoms with van der Waals surface area (Å²) in [6.45, 7) is 0. The molecule has 0 atom stereocenters. The van der Waals surface area contributed by atoms with Crippen LogP contribution in [0, 0.1) is 0 Å². The van der Waals surface area contributed by atoms with Crippen molar-refractivity contribution in [2.24, 2.45) is 0 Å². The van der Waals surface area contributed by atoms with Crippen LogP contribution in [0.25, 0.3) is 82.9 Å². The summed E-state index contributed by atoms with van der Waals surface area (Å²) in [6, 6.07) is 48.7. The summed E-state index contributed by atoms with van der Waals surface area (Å²) < 4.78 is 15.5. The maximum absolute atomic E-state index is 6.72. The van der Waals surface area contributed by atoms with Gasteiger partial charge in [-0.3, -0.25) is 0 Å². The van der Waals surface area contributed by atoms with E-state index in [-0.39, 0.29) is 0 Å². The fraction of sp³-hybridized carbons (Fsp3) is 0. The van der Waals surface area contributed by atoms with Crippen molar-refractivity contribution in [1.29, 1.82) is 0 Å². The van der Waals surface area contributed by atoms with Crippen LogP contribution in [0.3, 0.4) is 0 Å². The summed E-state index contributed by atoms with van der Waals surface area (Å²) in [5.74, 6) is 0. The average molecular weight is 526 g/mol. The molecule has 9 aromatic rings. The zero-order valence-corrected chi connectivity index (χ0v) is 22.0. The average Bonchev–Trinajstić information content (AvgIpc) is 3.70. The first-order chi connectivity index (χ1) is 20.3. The molecule has 41 heavy (non-hydrogen) atoms. The van der Waals surface area contributed by atoms with Gasteiger partial charge >= 0.3 is 0 Å². The van der Waals surface area contributed by atoms with Crippen LogP contribution in [0.15, 0.2) is 148 Å². The van der Waals surface area contributed by atoms with Gasteiger partial charge in [0.05, 0.1) is 5.52 Å². The number of fused-ring (bicyclic) bond motifs is 8. The van der Waals surface area contributed by atoms with Crippen LogP contribution in [0.5, 0.6) is 0 Å². The zero-order chi connectivity index (χ0) is 26.9. The SMILES string of the molecule is c1ccc(-c2cccc3c2oc2c(-c4ccc5oc6c7ccccc7n(-c7ccccc7)c6c5c4)cccc23)cc1. The van der Waals surface area contributed by atoms with Gasteiger partial charge in [0.1, 0.15) is 22.3 Å². The summed E-state index contributed by atoms with van der Waals surface area (Å²) >= 11 is 0. The van der Waals surface area contributed by atoms with E-state index in [2.05, 4.69) is 138 Å². The summed E-state index contributed by atoms with van der Waals surface area (Å²) in [5, 5.41) is 4.43. The van der Waals surface area contributed by atoms with Crippen molar-refractivity contribution in [2.45, 2.75) is 0 Å². The minimum absolute atomic E-state index is 0.873. The number of hydrogen-bond acceptors (Lipinski definition) is 2. The van der Waals surface area contributed by atoms with Gasteiger partial charge in [-0.15, -0.1) is 0 Å². The van der Waals surface area contributed by atoms with Crippen LogP contribution in [-0.4, -0.2) is 4.57 Å². The summed E-state index contributed by atoms with van der Waals surface area (Å²) in [6.07, 6.45) is 0. The molecule has 0 fully saturated rings. The number of aromatic nitrogens is 1. The molecule has 0 radical (unpaired) electrons. The normalized spacial score (nSPS) is 11.9. The highest BCUT2D eigenvalue weighted by Gasteiger charge is 2.21. The van der Waals surface area contributed by atoms with Gasteiger partial charge in [-0.1, -0.05) is 103 Å². The minimum atomic E-state index is 0.873. The molecule has 0 aliphatic carbocycles. The molecule has 3 nitrogen and oxygen atoms in total. The second kappa shape index (κ2) is 8.48. The lowest BCUT2D eigenvalue weighted by molar-refractivity contribution is 0.670. The summed E-state index contributed by atoms with van der Waals surface area (Å²) in [4.78, 5) is 0. The molecule has 192 valence electrons. The Bertz CT molecular complexity index is 2410. The van der Waals surface area contributed by atoms with E-state index in [0.29, 0.717) is 0 Å². The molecular weight excluding hydrogens is 502 g/mol. The van der Waals surface area contributed by atoms with E-state index >= 15 is 0 Å². The molecule has 0 spiro atoms. The van der Waals surface area contributed by atoms with Crippen molar-refractivity contribution in [3.8, 4) is 27.9 Å². The Labute approximate surface area is 235 Å². The van der Waals surface area contributed by atoms with Crippen molar-refractivity contribution >= 4 is 54.9 Å². The Morgan fingerprint density at radius 1 is 0.415 bits per heavy atom. The topological polar surface area (TPSA) is 31.2 Å². The molecule has 6 aromatic carbocycles. The van der Waals surface area contributed by atoms with E-state index in [4.69, 9.17) is 8.83 Å². The fourth-order valence-electron chi connectivity index (χ4n) is 6.38. The molecule has 0 N–H and O–H groups in total. The molecule has 0 aliphatic heterocycles. The Morgan fingerprint density at radius 3 is 1.80 bits per heavy atom. The molecule has 3 heteroatoms. The first-order valence-electron chi connectivity index (χ1n) is 13.9. The van der Waals surface area contributed by atoms with Crippen LogP contribution >= 0.6 is 0 Å². The number of rotatable bonds is 3. The van der Waals surface area contributed by atoms with Gasteiger partial charge in [-0.2, -0.15) is 0 Å². The minimum Gasteiger partial charge on any atom is -0.455 e. The third-order valence-electron chi connectivity index (χ3n) is 8.21. The lowest BCUT2D eigenvalue weighted by Crippen LogP contribution is -1.92. The van der Waals surface area contributed by atoms with Crippen molar-refractivity contribution in [3.05, 3.63) is 140 Å². The predicted octanol–water partition coefficient (Wildman–Crippen LogP) is 10.8. The van der Waals surface area contributed by atoms with Gasteiger partial charge in [0, 0.05) is 38.4 Å². The number of hydrogen-bond donors (Lipinski definition) is 0. The highest BCUT2D eigenvalue weighted by atomic mass is 16.3. The lowest BCUT2D eigenvalue weighted by Gasteiger charge is -2.08. The standard InChI is InChI=1S/C38H23NO2/c1-3-11-24(12-4-1)27-16-9-18-29-30-19-10-17-28(37(30)41-36(27)29)25-21-22-34-32(23-25)35-38(40-34)31-15-7-8-20-33(31)39(35)26-13-5-2-6-14-26/h1-23H. The Balaban J connectivity index is 1.32. The van der Waals surface area contributed by atoms with Crippen LogP contribution in [0.4, 0.5) is 0 Å². The van der Waals surface area contributed by atoms with Crippen LogP contribution < -0.4 is 0 Å². The molecule has 0 aliphatic rings.